The number of aromatic nitrogens is 1. The SMILES string of the molecule is NC(=NC[C@@H](c1cccnc1)N1CCCC1)N1CCSCC1. The molecule has 120 valence electrons. The molecule has 2 saturated heterocycles. The van der Waals surface area contributed by atoms with E-state index in [4.69, 9.17) is 10.7 Å². The highest BCUT2D eigenvalue weighted by molar-refractivity contribution is 7.99. The van der Waals surface area contributed by atoms with Gasteiger partial charge in [-0.05, 0) is 37.6 Å². The van der Waals surface area contributed by atoms with Crippen LogP contribution in [0.15, 0.2) is 29.5 Å². The highest BCUT2D eigenvalue weighted by atomic mass is 32.2. The van der Waals surface area contributed by atoms with Crippen molar-refractivity contribution in [3.63, 3.8) is 0 Å². The van der Waals surface area contributed by atoms with E-state index in [0.717, 1.165) is 44.2 Å². The fourth-order valence-corrected chi connectivity index (χ4v) is 4.03. The number of guanidine groups is 1. The summed E-state index contributed by atoms with van der Waals surface area (Å²) in [5.74, 6) is 3.00. The summed E-state index contributed by atoms with van der Waals surface area (Å²) in [5, 5.41) is 0. The number of likely N-dealkylation sites (tertiary alicyclic amines) is 1. The molecule has 3 heterocycles. The van der Waals surface area contributed by atoms with Gasteiger partial charge in [0.05, 0.1) is 12.6 Å². The first-order valence-corrected chi connectivity index (χ1v) is 9.26. The van der Waals surface area contributed by atoms with Gasteiger partial charge in [0.25, 0.3) is 0 Å². The second-order valence-corrected chi connectivity index (χ2v) is 7.07. The van der Waals surface area contributed by atoms with Crippen LogP contribution in [0, 0.1) is 0 Å². The van der Waals surface area contributed by atoms with Crippen LogP contribution in [0.25, 0.3) is 0 Å². The van der Waals surface area contributed by atoms with Crippen LogP contribution in [-0.4, -0.2) is 65.0 Å². The van der Waals surface area contributed by atoms with Crippen molar-refractivity contribution in [1.82, 2.24) is 14.8 Å². The third kappa shape index (κ3) is 3.93. The molecule has 2 fully saturated rings. The first-order valence-electron chi connectivity index (χ1n) is 8.11. The molecule has 2 aliphatic rings. The predicted molar refractivity (Wildman–Crippen MR) is 93.2 cm³/mol. The van der Waals surface area contributed by atoms with E-state index in [0.29, 0.717) is 12.0 Å². The van der Waals surface area contributed by atoms with Crippen LogP contribution < -0.4 is 5.73 Å². The summed E-state index contributed by atoms with van der Waals surface area (Å²) >= 11 is 1.99. The molecule has 1 aromatic heterocycles. The Morgan fingerprint density at radius 1 is 1.27 bits per heavy atom. The number of hydrogen-bond acceptors (Lipinski definition) is 4. The Balaban J connectivity index is 1.69. The molecule has 0 amide bonds. The van der Waals surface area contributed by atoms with Crippen molar-refractivity contribution in [2.45, 2.75) is 18.9 Å². The van der Waals surface area contributed by atoms with E-state index in [1.54, 1.807) is 0 Å². The number of nitrogens with two attached hydrogens (primary N) is 1. The van der Waals surface area contributed by atoms with Crippen LogP contribution in [0.1, 0.15) is 24.4 Å². The maximum Gasteiger partial charge on any atom is 0.191 e. The van der Waals surface area contributed by atoms with E-state index >= 15 is 0 Å². The van der Waals surface area contributed by atoms with Gasteiger partial charge in [0.2, 0.25) is 0 Å². The minimum absolute atomic E-state index is 0.300. The van der Waals surface area contributed by atoms with Crippen molar-refractivity contribution in [3.8, 4) is 0 Å². The van der Waals surface area contributed by atoms with Crippen molar-refractivity contribution in [3.05, 3.63) is 30.1 Å². The third-order valence-electron chi connectivity index (χ3n) is 4.41. The van der Waals surface area contributed by atoms with E-state index in [1.807, 2.05) is 30.2 Å². The van der Waals surface area contributed by atoms with Gasteiger partial charge >= 0.3 is 0 Å². The van der Waals surface area contributed by atoms with Crippen molar-refractivity contribution in [2.75, 3.05) is 44.2 Å². The molecule has 5 nitrogen and oxygen atoms in total. The number of aliphatic imine (C=N–C) groups is 1. The molecular formula is C16H25N5S. The Kier molecular flexibility index (Phi) is 5.56. The van der Waals surface area contributed by atoms with Crippen LogP contribution in [0.3, 0.4) is 0 Å². The lowest BCUT2D eigenvalue weighted by molar-refractivity contribution is 0.250. The molecule has 1 aromatic rings. The van der Waals surface area contributed by atoms with Crippen LogP contribution in [0.5, 0.6) is 0 Å². The van der Waals surface area contributed by atoms with Crippen LogP contribution in [-0.2, 0) is 0 Å². The maximum absolute atomic E-state index is 6.21. The normalized spacial score (nSPS) is 22.0. The number of rotatable bonds is 4. The van der Waals surface area contributed by atoms with Gasteiger partial charge in [-0.15, -0.1) is 0 Å². The Morgan fingerprint density at radius 3 is 2.73 bits per heavy atom. The molecule has 6 heteroatoms. The summed E-state index contributed by atoms with van der Waals surface area (Å²) in [4.78, 5) is 13.7. The van der Waals surface area contributed by atoms with Crippen LogP contribution in [0.2, 0.25) is 0 Å². The largest absolute Gasteiger partial charge is 0.370 e. The fraction of sp³-hybridized carbons (Fsp3) is 0.625. The van der Waals surface area contributed by atoms with E-state index in [1.165, 1.54) is 18.4 Å². The van der Waals surface area contributed by atoms with Crippen molar-refractivity contribution >= 4 is 17.7 Å². The monoisotopic (exact) mass is 319 g/mol. The van der Waals surface area contributed by atoms with Crippen LogP contribution in [0.4, 0.5) is 0 Å². The molecule has 0 saturated carbocycles. The second kappa shape index (κ2) is 7.83. The first-order chi connectivity index (χ1) is 10.8. The fourth-order valence-electron chi connectivity index (χ4n) is 3.13. The quantitative estimate of drug-likeness (QED) is 0.674. The Hall–Kier alpha value is -1.27. The zero-order valence-electron chi connectivity index (χ0n) is 13.0. The summed E-state index contributed by atoms with van der Waals surface area (Å²) in [7, 11) is 0. The Labute approximate surface area is 137 Å². The maximum atomic E-state index is 6.21. The van der Waals surface area contributed by atoms with Crippen molar-refractivity contribution in [2.24, 2.45) is 10.7 Å². The van der Waals surface area contributed by atoms with Crippen molar-refractivity contribution in [1.29, 1.82) is 0 Å². The molecule has 2 N–H and O–H groups in total. The third-order valence-corrected chi connectivity index (χ3v) is 5.35. The lowest BCUT2D eigenvalue weighted by Gasteiger charge is -2.29. The Morgan fingerprint density at radius 2 is 2.05 bits per heavy atom. The highest BCUT2D eigenvalue weighted by Crippen LogP contribution is 2.25. The van der Waals surface area contributed by atoms with Crippen molar-refractivity contribution < 1.29 is 0 Å². The molecule has 0 spiro atoms. The highest BCUT2D eigenvalue weighted by Gasteiger charge is 2.23. The standard InChI is InChI=1S/C16H25N5S/c17-16(21-8-10-22-11-9-21)19-13-15(20-6-1-2-7-20)14-4-3-5-18-12-14/h3-5,12,15H,1-2,6-11,13H2,(H2,17,19)/t15-/m0/s1. The lowest BCUT2D eigenvalue weighted by Crippen LogP contribution is -2.43. The molecule has 2 aliphatic heterocycles. The minimum atomic E-state index is 0.300. The molecule has 0 aromatic carbocycles. The number of thioether (sulfide) groups is 1. The molecule has 0 aliphatic carbocycles. The zero-order chi connectivity index (χ0) is 15.2. The summed E-state index contributed by atoms with van der Waals surface area (Å²) < 4.78 is 0. The van der Waals surface area contributed by atoms with Crippen LogP contribution >= 0.6 is 11.8 Å². The van der Waals surface area contributed by atoms with E-state index in [-0.39, 0.29) is 0 Å². The predicted octanol–water partition coefficient (Wildman–Crippen LogP) is 1.58. The molecule has 0 radical (unpaired) electrons. The first kappa shape index (κ1) is 15.6. The van der Waals surface area contributed by atoms with Gasteiger partial charge in [-0.1, -0.05) is 6.07 Å². The number of nitrogens with zero attached hydrogens (tertiary/aromatic N) is 4. The van der Waals surface area contributed by atoms with Gasteiger partial charge in [0.1, 0.15) is 0 Å². The summed E-state index contributed by atoms with van der Waals surface area (Å²) in [6.45, 7) is 5.05. The summed E-state index contributed by atoms with van der Waals surface area (Å²) in [5.41, 5.74) is 7.45. The summed E-state index contributed by atoms with van der Waals surface area (Å²) in [6, 6.07) is 4.46. The van der Waals surface area contributed by atoms with E-state index < -0.39 is 0 Å². The van der Waals surface area contributed by atoms with E-state index in [2.05, 4.69) is 20.9 Å². The molecular weight excluding hydrogens is 294 g/mol. The van der Waals surface area contributed by atoms with Gasteiger partial charge in [-0.2, -0.15) is 11.8 Å². The molecule has 0 bridgehead atoms. The smallest absolute Gasteiger partial charge is 0.191 e. The second-order valence-electron chi connectivity index (χ2n) is 5.84. The molecule has 22 heavy (non-hydrogen) atoms. The average molecular weight is 319 g/mol. The minimum Gasteiger partial charge on any atom is -0.370 e. The topological polar surface area (TPSA) is 57.8 Å². The van der Waals surface area contributed by atoms with Gasteiger partial charge in [-0.3, -0.25) is 14.9 Å². The number of pyridine rings is 1. The summed E-state index contributed by atoms with van der Waals surface area (Å²) in [6.07, 6.45) is 6.35. The van der Waals surface area contributed by atoms with E-state index in [9.17, 15) is 0 Å². The molecule has 3 rings (SSSR count). The van der Waals surface area contributed by atoms with Gasteiger partial charge < -0.3 is 10.6 Å². The molecule has 1 atom stereocenters. The van der Waals surface area contributed by atoms with Gasteiger partial charge in [0, 0.05) is 37.0 Å². The zero-order valence-corrected chi connectivity index (χ0v) is 13.8. The average Bonchev–Trinajstić information content (AvgIpc) is 3.11. The van der Waals surface area contributed by atoms with Gasteiger partial charge in [0.15, 0.2) is 5.96 Å². The number of hydrogen-bond donors (Lipinski definition) is 1. The lowest BCUT2D eigenvalue weighted by atomic mass is 10.1. The Bertz CT molecular complexity index is 481. The molecule has 0 unspecified atom stereocenters. The van der Waals surface area contributed by atoms with Gasteiger partial charge in [-0.25, -0.2) is 0 Å².